The number of ether oxygens (including phenoxy) is 1. The molecule has 5 nitrogen and oxygen atoms in total. The van der Waals surface area contributed by atoms with E-state index in [-0.39, 0.29) is 5.54 Å². The van der Waals surface area contributed by atoms with E-state index in [1.54, 1.807) is 7.11 Å². The monoisotopic (exact) mass is 326 g/mol. The van der Waals surface area contributed by atoms with Crippen molar-refractivity contribution in [3.8, 4) is 0 Å². The molecule has 0 aromatic rings. The summed E-state index contributed by atoms with van der Waals surface area (Å²) < 4.78 is 5.32. The highest BCUT2D eigenvalue weighted by Crippen LogP contribution is 2.40. The molecule has 1 fully saturated rings. The summed E-state index contributed by atoms with van der Waals surface area (Å²) in [6.45, 7) is 10.1. The lowest BCUT2D eigenvalue weighted by Crippen LogP contribution is -2.46. The Morgan fingerprint density at radius 3 is 2.39 bits per heavy atom. The molecule has 0 spiro atoms. The molecule has 0 aliphatic heterocycles. The first-order valence-electron chi connectivity index (χ1n) is 9.04. The summed E-state index contributed by atoms with van der Waals surface area (Å²) >= 11 is 0. The van der Waals surface area contributed by atoms with Gasteiger partial charge in [-0.15, -0.1) is 0 Å². The number of methoxy groups -OCH3 is 1. The molecule has 1 saturated carbocycles. The Labute approximate surface area is 143 Å². The van der Waals surface area contributed by atoms with Crippen LogP contribution < -0.4 is 10.6 Å². The molecule has 2 N–H and O–H groups in total. The third kappa shape index (κ3) is 6.68. The molecule has 0 saturated heterocycles. The van der Waals surface area contributed by atoms with E-state index in [0.29, 0.717) is 5.41 Å². The van der Waals surface area contributed by atoms with E-state index in [1.807, 2.05) is 0 Å². The van der Waals surface area contributed by atoms with E-state index < -0.39 is 0 Å². The van der Waals surface area contributed by atoms with Crippen molar-refractivity contribution >= 4 is 5.96 Å². The van der Waals surface area contributed by atoms with Crippen molar-refractivity contribution in [1.82, 2.24) is 15.5 Å². The fraction of sp³-hybridized carbons (Fsp3) is 0.944. The van der Waals surface area contributed by atoms with Crippen LogP contribution in [0, 0.1) is 5.41 Å². The summed E-state index contributed by atoms with van der Waals surface area (Å²) in [5.41, 5.74) is 0.437. The molecule has 23 heavy (non-hydrogen) atoms. The van der Waals surface area contributed by atoms with Gasteiger partial charge in [-0.05, 0) is 59.5 Å². The number of aliphatic imine (C=N–C) groups is 1. The van der Waals surface area contributed by atoms with Crippen LogP contribution in [0.5, 0.6) is 0 Å². The first-order chi connectivity index (χ1) is 10.9. The maximum atomic E-state index is 5.32. The van der Waals surface area contributed by atoms with Crippen LogP contribution in [0.1, 0.15) is 52.9 Å². The topological polar surface area (TPSA) is 48.9 Å². The summed E-state index contributed by atoms with van der Waals surface area (Å²) in [4.78, 5) is 7.02. The maximum absolute atomic E-state index is 5.32. The Balaban J connectivity index is 2.63. The van der Waals surface area contributed by atoms with Crippen molar-refractivity contribution in [2.75, 3.05) is 47.4 Å². The minimum Gasteiger partial charge on any atom is -0.385 e. The second-order valence-corrected chi connectivity index (χ2v) is 7.71. The van der Waals surface area contributed by atoms with Gasteiger partial charge in [0.1, 0.15) is 0 Å². The molecule has 136 valence electrons. The molecule has 0 atom stereocenters. The fourth-order valence-corrected chi connectivity index (χ4v) is 2.99. The summed E-state index contributed by atoms with van der Waals surface area (Å²) in [6.07, 6.45) is 6.41. The zero-order chi connectivity index (χ0) is 17.3. The van der Waals surface area contributed by atoms with Crippen molar-refractivity contribution in [3.63, 3.8) is 0 Å². The van der Waals surface area contributed by atoms with Gasteiger partial charge in [0.15, 0.2) is 5.96 Å². The highest BCUT2D eigenvalue weighted by Gasteiger charge is 2.33. The third-order valence-electron chi connectivity index (χ3n) is 5.31. The average molecular weight is 327 g/mol. The quantitative estimate of drug-likeness (QED) is 0.505. The van der Waals surface area contributed by atoms with E-state index in [2.05, 4.69) is 50.4 Å². The Bertz CT molecular complexity index is 360. The van der Waals surface area contributed by atoms with E-state index in [4.69, 9.17) is 9.73 Å². The lowest BCUT2D eigenvalue weighted by atomic mass is 9.83. The average Bonchev–Trinajstić information content (AvgIpc) is 2.97. The molecule has 0 heterocycles. The van der Waals surface area contributed by atoms with Crippen LogP contribution in [-0.2, 0) is 4.74 Å². The molecule has 0 bridgehead atoms. The number of likely N-dealkylation sites (N-methyl/N-ethyl adjacent to an activating group) is 1. The van der Waals surface area contributed by atoms with Gasteiger partial charge in [-0.1, -0.05) is 12.8 Å². The van der Waals surface area contributed by atoms with E-state index >= 15 is 0 Å². The molecule has 1 aliphatic rings. The van der Waals surface area contributed by atoms with Crippen LogP contribution in [0.4, 0.5) is 0 Å². The maximum Gasteiger partial charge on any atom is 0.191 e. The summed E-state index contributed by atoms with van der Waals surface area (Å²) in [7, 11) is 6.01. The SMILES string of the molecule is CCNC(=NCC(C)(C)N(C)C)NCC1(CCOC)CCCC1. The van der Waals surface area contributed by atoms with Gasteiger partial charge in [0.2, 0.25) is 0 Å². The zero-order valence-corrected chi connectivity index (χ0v) is 16.2. The van der Waals surface area contributed by atoms with Crippen LogP contribution in [0.3, 0.4) is 0 Å². The molecule has 1 aliphatic carbocycles. The number of hydrogen-bond donors (Lipinski definition) is 2. The lowest BCUT2D eigenvalue weighted by molar-refractivity contribution is 0.138. The molecular formula is C18H38N4O. The van der Waals surface area contributed by atoms with Gasteiger partial charge < -0.3 is 20.3 Å². The highest BCUT2D eigenvalue weighted by molar-refractivity contribution is 5.79. The number of rotatable bonds is 9. The first kappa shape index (κ1) is 20.2. The van der Waals surface area contributed by atoms with Gasteiger partial charge in [0.05, 0.1) is 6.54 Å². The van der Waals surface area contributed by atoms with Crippen molar-refractivity contribution in [2.45, 2.75) is 58.4 Å². The Morgan fingerprint density at radius 2 is 1.87 bits per heavy atom. The summed E-state index contributed by atoms with van der Waals surface area (Å²) in [6, 6.07) is 0. The summed E-state index contributed by atoms with van der Waals surface area (Å²) in [5, 5.41) is 6.97. The highest BCUT2D eigenvalue weighted by atomic mass is 16.5. The van der Waals surface area contributed by atoms with Gasteiger partial charge >= 0.3 is 0 Å². The molecular weight excluding hydrogens is 288 g/mol. The van der Waals surface area contributed by atoms with Crippen molar-refractivity contribution in [3.05, 3.63) is 0 Å². The smallest absolute Gasteiger partial charge is 0.191 e. The van der Waals surface area contributed by atoms with E-state index in [1.165, 1.54) is 25.7 Å². The minimum absolute atomic E-state index is 0.0590. The predicted octanol–water partition coefficient (Wildman–Crippen LogP) is 2.48. The Kier molecular flexibility index (Phi) is 8.34. The van der Waals surface area contributed by atoms with Crippen LogP contribution in [0.15, 0.2) is 4.99 Å². The summed E-state index contributed by atoms with van der Waals surface area (Å²) in [5.74, 6) is 0.936. The number of guanidine groups is 1. The van der Waals surface area contributed by atoms with Crippen LogP contribution in [0.25, 0.3) is 0 Å². The third-order valence-corrected chi connectivity index (χ3v) is 5.31. The molecule has 0 aromatic heterocycles. The largest absolute Gasteiger partial charge is 0.385 e. The number of nitrogens with one attached hydrogen (secondary N) is 2. The Morgan fingerprint density at radius 1 is 1.22 bits per heavy atom. The first-order valence-corrected chi connectivity index (χ1v) is 9.04. The van der Waals surface area contributed by atoms with Gasteiger partial charge in [-0.25, -0.2) is 0 Å². The minimum atomic E-state index is 0.0590. The standard InChI is InChI=1S/C18H38N4O/c1-7-19-16(20-14-17(2,3)22(4)5)21-15-18(12-13-23-6)10-8-9-11-18/h7-15H2,1-6H3,(H2,19,20,21). The van der Waals surface area contributed by atoms with Crippen molar-refractivity contribution < 1.29 is 4.74 Å². The second kappa shape index (κ2) is 9.48. The van der Waals surface area contributed by atoms with Gasteiger partial charge in [-0.3, -0.25) is 4.99 Å². The number of hydrogen-bond acceptors (Lipinski definition) is 3. The normalized spacial score (nSPS) is 18.5. The van der Waals surface area contributed by atoms with Crippen molar-refractivity contribution in [1.29, 1.82) is 0 Å². The molecule has 5 heteroatoms. The van der Waals surface area contributed by atoms with Gasteiger partial charge in [0.25, 0.3) is 0 Å². The van der Waals surface area contributed by atoms with Gasteiger partial charge in [-0.2, -0.15) is 0 Å². The van der Waals surface area contributed by atoms with Crippen LogP contribution >= 0.6 is 0 Å². The Hall–Kier alpha value is -0.810. The molecule has 0 aromatic carbocycles. The van der Waals surface area contributed by atoms with Crippen LogP contribution in [-0.4, -0.2) is 63.8 Å². The van der Waals surface area contributed by atoms with E-state index in [9.17, 15) is 0 Å². The lowest BCUT2D eigenvalue weighted by Gasteiger charge is -2.32. The van der Waals surface area contributed by atoms with Gasteiger partial charge in [0, 0.05) is 32.3 Å². The molecule has 1 rings (SSSR count). The number of nitrogens with zero attached hydrogens (tertiary/aromatic N) is 2. The second-order valence-electron chi connectivity index (χ2n) is 7.71. The van der Waals surface area contributed by atoms with E-state index in [0.717, 1.165) is 38.6 Å². The molecule has 0 unspecified atom stereocenters. The molecule has 0 radical (unpaired) electrons. The zero-order valence-electron chi connectivity index (χ0n) is 16.2. The van der Waals surface area contributed by atoms with Crippen molar-refractivity contribution in [2.24, 2.45) is 10.4 Å². The molecule has 0 amide bonds. The van der Waals surface area contributed by atoms with Crippen LogP contribution in [0.2, 0.25) is 0 Å². The fourth-order valence-electron chi connectivity index (χ4n) is 2.99. The predicted molar refractivity (Wildman–Crippen MR) is 99.1 cm³/mol.